The molecule has 0 aliphatic rings. The zero-order chi connectivity index (χ0) is 17.8. The third kappa shape index (κ3) is 3.92. The summed E-state index contributed by atoms with van der Waals surface area (Å²) in [6.07, 6.45) is 1.67. The second-order valence-corrected chi connectivity index (χ2v) is 5.53. The van der Waals surface area contributed by atoms with Crippen molar-refractivity contribution in [2.45, 2.75) is 13.5 Å². The average Bonchev–Trinajstić information content (AvgIpc) is 2.90. The third-order valence-corrected chi connectivity index (χ3v) is 3.53. The van der Waals surface area contributed by atoms with E-state index >= 15 is 0 Å². The van der Waals surface area contributed by atoms with E-state index in [1.165, 1.54) is 16.0 Å². The van der Waals surface area contributed by atoms with Gasteiger partial charge in [-0.3, -0.25) is 14.0 Å². The summed E-state index contributed by atoms with van der Waals surface area (Å²) in [7, 11) is 0. The summed E-state index contributed by atoms with van der Waals surface area (Å²) in [5.41, 5.74) is 1.76. The summed E-state index contributed by atoms with van der Waals surface area (Å²) in [6.45, 7) is 1.54. The molecule has 0 unspecified atom stereocenters. The van der Waals surface area contributed by atoms with Gasteiger partial charge in [0.25, 0.3) is 0 Å². The normalized spacial score (nSPS) is 10.6. The van der Waals surface area contributed by atoms with Gasteiger partial charge in [-0.15, -0.1) is 5.10 Å². The number of benzene rings is 1. The Morgan fingerprint density at radius 1 is 1.16 bits per heavy atom. The van der Waals surface area contributed by atoms with E-state index in [4.69, 9.17) is 0 Å². The fourth-order valence-electron chi connectivity index (χ4n) is 2.40. The van der Waals surface area contributed by atoms with Crippen LogP contribution in [0.2, 0.25) is 0 Å². The lowest BCUT2D eigenvalue weighted by Crippen LogP contribution is -2.31. The highest BCUT2D eigenvalue weighted by Gasteiger charge is 2.08. The van der Waals surface area contributed by atoms with Crippen molar-refractivity contribution in [2.75, 3.05) is 11.9 Å². The Hall–Kier alpha value is -3.42. The van der Waals surface area contributed by atoms with Crippen molar-refractivity contribution in [3.63, 3.8) is 0 Å². The summed E-state index contributed by atoms with van der Waals surface area (Å²) in [4.78, 5) is 34.9. The van der Waals surface area contributed by atoms with Gasteiger partial charge in [0, 0.05) is 18.8 Å². The molecule has 0 radical (unpaired) electrons. The van der Waals surface area contributed by atoms with Crippen molar-refractivity contribution < 1.29 is 9.59 Å². The fraction of sp³-hybridized carbons (Fsp3) is 0.176. The van der Waals surface area contributed by atoms with Crippen molar-refractivity contribution in [1.82, 2.24) is 19.5 Å². The van der Waals surface area contributed by atoms with Crippen LogP contribution in [-0.4, -0.2) is 32.5 Å². The quantitative estimate of drug-likeness (QED) is 0.712. The van der Waals surface area contributed by atoms with E-state index < -0.39 is 0 Å². The summed E-state index contributed by atoms with van der Waals surface area (Å²) in [5.74, 6) is -0.590. The molecule has 0 fully saturated rings. The van der Waals surface area contributed by atoms with Crippen molar-refractivity contribution in [2.24, 2.45) is 0 Å². The monoisotopic (exact) mass is 339 g/mol. The van der Waals surface area contributed by atoms with Crippen molar-refractivity contribution >= 4 is 23.1 Å². The molecule has 0 saturated carbocycles. The van der Waals surface area contributed by atoms with Gasteiger partial charge in [0.15, 0.2) is 5.65 Å². The largest absolute Gasteiger partial charge is 0.350 e. The third-order valence-electron chi connectivity index (χ3n) is 3.53. The van der Waals surface area contributed by atoms with Gasteiger partial charge in [-0.1, -0.05) is 18.2 Å². The minimum Gasteiger partial charge on any atom is -0.347 e. The summed E-state index contributed by atoms with van der Waals surface area (Å²) in [5, 5.41) is 9.41. The standard InChI is InChI=1S/C17H17N5O3/c1-12(23)18-10-16(24)19-14-6-4-5-13(9-14)11-22-17(25)21-8-3-2-7-15(21)20-22/h2-9H,10-11H2,1H3,(H,18,23)(H,19,24). The highest BCUT2D eigenvalue weighted by molar-refractivity contribution is 5.94. The lowest BCUT2D eigenvalue weighted by atomic mass is 10.2. The maximum atomic E-state index is 12.3. The van der Waals surface area contributed by atoms with E-state index in [2.05, 4.69) is 15.7 Å². The molecule has 128 valence electrons. The van der Waals surface area contributed by atoms with Crippen molar-refractivity contribution in [3.05, 3.63) is 64.7 Å². The van der Waals surface area contributed by atoms with Crippen LogP contribution in [0.5, 0.6) is 0 Å². The number of aromatic nitrogens is 3. The Bertz CT molecular complexity index is 989. The Kier molecular flexibility index (Phi) is 4.60. The number of rotatable bonds is 5. The topological polar surface area (TPSA) is 97.5 Å². The molecule has 8 heteroatoms. The Balaban J connectivity index is 1.75. The molecule has 2 aromatic heterocycles. The van der Waals surface area contributed by atoms with Gasteiger partial charge in [0.1, 0.15) is 0 Å². The number of anilines is 1. The van der Waals surface area contributed by atoms with E-state index in [1.54, 1.807) is 36.5 Å². The molecule has 8 nitrogen and oxygen atoms in total. The maximum Gasteiger partial charge on any atom is 0.350 e. The van der Waals surface area contributed by atoms with Gasteiger partial charge in [-0.05, 0) is 29.8 Å². The summed E-state index contributed by atoms with van der Waals surface area (Å²) < 4.78 is 2.84. The number of fused-ring (bicyclic) bond motifs is 1. The second kappa shape index (κ2) is 7.00. The number of carbonyl (C=O) groups excluding carboxylic acids is 2. The molecule has 2 heterocycles. The number of amides is 2. The lowest BCUT2D eigenvalue weighted by molar-refractivity contribution is -0.122. The Morgan fingerprint density at radius 2 is 2.00 bits per heavy atom. The number of hydrogen-bond acceptors (Lipinski definition) is 4. The molecule has 25 heavy (non-hydrogen) atoms. The van der Waals surface area contributed by atoms with Gasteiger partial charge >= 0.3 is 5.69 Å². The first-order valence-corrected chi connectivity index (χ1v) is 7.70. The van der Waals surface area contributed by atoms with E-state index in [0.29, 0.717) is 11.3 Å². The first-order valence-electron chi connectivity index (χ1n) is 7.70. The highest BCUT2D eigenvalue weighted by Crippen LogP contribution is 2.11. The van der Waals surface area contributed by atoms with Crippen LogP contribution in [0.4, 0.5) is 5.69 Å². The number of hydrogen-bond donors (Lipinski definition) is 2. The first-order chi connectivity index (χ1) is 12.0. The second-order valence-electron chi connectivity index (χ2n) is 5.53. The smallest absolute Gasteiger partial charge is 0.347 e. The number of carbonyl (C=O) groups is 2. The minimum absolute atomic E-state index is 0.0918. The summed E-state index contributed by atoms with van der Waals surface area (Å²) >= 11 is 0. The van der Waals surface area contributed by atoms with Crippen LogP contribution in [0.3, 0.4) is 0 Å². The van der Waals surface area contributed by atoms with E-state index in [9.17, 15) is 14.4 Å². The number of nitrogens with one attached hydrogen (secondary N) is 2. The summed E-state index contributed by atoms with van der Waals surface area (Å²) in [6, 6.07) is 12.5. The van der Waals surface area contributed by atoms with E-state index in [-0.39, 0.29) is 30.6 Å². The lowest BCUT2D eigenvalue weighted by Gasteiger charge is -2.07. The molecule has 2 amide bonds. The van der Waals surface area contributed by atoms with Gasteiger partial charge in [-0.2, -0.15) is 0 Å². The molecule has 0 atom stereocenters. The van der Waals surface area contributed by atoms with Crippen LogP contribution in [0.25, 0.3) is 5.65 Å². The van der Waals surface area contributed by atoms with Gasteiger partial charge in [-0.25, -0.2) is 9.48 Å². The fourth-order valence-corrected chi connectivity index (χ4v) is 2.40. The molecular formula is C17H17N5O3. The minimum atomic E-state index is -0.322. The molecule has 0 spiro atoms. The molecular weight excluding hydrogens is 322 g/mol. The molecule has 0 bridgehead atoms. The van der Waals surface area contributed by atoms with E-state index in [1.807, 2.05) is 12.1 Å². The van der Waals surface area contributed by atoms with E-state index in [0.717, 1.165) is 5.56 Å². The highest BCUT2D eigenvalue weighted by atomic mass is 16.2. The van der Waals surface area contributed by atoms with Gasteiger partial charge in [0.2, 0.25) is 11.8 Å². The van der Waals surface area contributed by atoms with Crippen LogP contribution >= 0.6 is 0 Å². The Morgan fingerprint density at radius 3 is 2.76 bits per heavy atom. The molecule has 0 aliphatic carbocycles. The number of pyridine rings is 1. The average molecular weight is 339 g/mol. The zero-order valence-electron chi connectivity index (χ0n) is 13.6. The first kappa shape index (κ1) is 16.4. The molecule has 1 aromatic carbocycles. The van der Waals surface area contributed by atoms with Crippen LogP contribution in [0, 0.1) is 0 Å². The van der Waals surface area contributed by atoms with Crippen LogP contribution in [0.1, 0.15) is 12.5 Å². The van der Waals surface area contributed by atoms with Gasteiger partial charge in [0.05, 0.1) is 13.1 Å². The van der Waals surface area contributed by atoms with Gasteiger partial charge < -0.3 is 10.6 Å². The molecule has 0 aliphatic heterocycles. The maximum absolute atomic E-state index is 12.3. The predicted molar refractivity (Wildman–Crippen MR) is 92.3 cm³/mol. The van der Waals surface area contributed by atoms with Crippen LogP contribution in [-0.2, 0) is 16.1 Å². The molecule has 0 saturated heterocycles. The SMILES string of the molecule is CC(=O)NCC(=O)Nc1cccc(Cn2nc3ccccn3c2=O)c1. The molecule has 2 N–H and O–H groups in total. The molecule has 3 aromatic rings. The zero-order valence-corrected chi connectivity index (χ0v) is 13.6. The predicted octanol–water partition coefficient (Wildman–Crippen LogP) is 0.619. The van der Waals surface area contributed by atoms with Crippen molar-refractivity contribution in [1.29, 1.82) is 0 Å². The number of nitrogens with zero attached hydrogens (tertiary/aromatic N) is 3. The van der Waals surface area contributed by atoms with Crippen LogP contribution < -0.4 is 16.3 Å². The Labute approximate surface area is 143 Å². The van der Waals surface area contributed by atoms with Crippen molar-refractivity contribution in [3.8, 4) is 0 Å². The molecule has 3 rings (SSSR count). The van der Waals surface area contributed by atoms with Crippen LogP contribution in [0.15, 0.2) is 53.5 Å².